The van der Waals surface area contributed by atoms with Crippen molar-refractivity contribution >= 4 is 5.69 Å². The molecular weight excluding hydrogens is 194 g/mol. The van der Waals surface area contributed by atoms with E-state index in [1.54, 1.807) is 5.56 Å². The van der Waals surface area contributed by atoms with Crippen LogP contribution in [0.5, 0.6) is 0 Å². The molecule has 1 aliphatic carbocycles. The van der Waals surface area contributed by atoms with Crippen molar-refractivity contribution in [2.75, 3.05) is 19.0 Å². The third-order valence-corrected chi connectivity index (χ3v) is 3.74. The van der Waals surface area contributed by atoms with Crippen LogP contribution in [0.25, 0.3) is 0 Å². The zero-order valence-electron chi connectivity index (χ0n) is 10.6. The predicted octanol–water partition coefficient (Wildman–Crippen LogP) is 4.19. The van der Waals surface area contributed by atoms with Crippen LogP contribution in [0.15, 0.2) is 24.3 Å². The van der Waals surface area contributed by atoms with Crippen LogP contribution in [0.2, 0.25) is 0 Å². The average Bonchev–Trinajstić information content (AvgIpc) is 2.57. The minimum Gasteiger partial charge on any atom is -0.378 e. The van der Waals surface area contributed by atoms with Crippen LogP contribution in [0.1, 0.15) is 50.0 Å². The van der Waals surface area contributed by atoms with Gasteiger partial charge in [0.25, 0.3) is 0 Å². The van der Waals surface area contributed by atoms with E-state index in [0.29, 0.717) is 0 Å². The summed E-state index contributed by atoms with van der Waals surface area (Å²) in [6, 6.07) is 9.15. The van der Waals surface area contributed by atoms with Gasteiger partial charge in [-0.3, -0.25) is 0 Å². The molecule has 0 N–H and O–H groups in total. The van der Waals surface area contributed by atoms with E-state index in [1.807, 2.05) is 0 Å². The molecule has 1 heteroatoms. The minimum absolute atomic E-state index is 0.818. The first-order valence-corrected chi connectivity index (χ1v) is 6.54. The molecule has 0 aliphatic heterocycles. The van der Waals surface area contributed by atoms with E-state index in [1.165, 1.54) is 44.2 Å². The largest absolute Gasteiger partial charge is 0.378 e. The third-order valence-electron chi connectivity index (χ3n) is 3.74. The van der Waals surface area contributed by atoms with Crippen LogP contribution in [0, 0.1) is 0 Å². The Labute approximate surface area is 99.5 Å². The number of hydrogen-bond donors (Lipinski definition) is 0. The Balaban J connectivity index is 2.07. The second kappa shape index (κ2) is 5.38. The van der Waals surface area contributed by atoms with Gasteiger partial charge < -0.3 is 4.90 Å². The fraction of sp³-hybridized carbons (Fsp3) is 0.600. The van der Waals surface area contributed by atoms with Gasteiger partial charge in [-0.1, -0.05) is 37.8 Å². The molecule has 0 unspecified atom stereocenters. The van der Waals surface area contributed by atoms with Crippen molar-refractivity contribution < 1.29 is 0 Å². The van der Waals surface area contributed by atoms with Crippen LogP contribution < -0.4 is 4.90 Å². The van der Waals surface area contributed by atoms with Crippen LogP contribution in [-0.2, 0) is 0 Å². The van der Waals surface area contributed by atoms with Gasteiger partial charge in [-0.05, 0) is 36.5 Å². The predicted molar refractivity (Wildman–Crippen MR) is 71.2 cm³/mol. The molecule has 2 rings (SSSR count). The second-order valence-electron chi connectivity index (χ2n) is 5.17. The maximum atomic E-state index is 2.32. The topological polar surface area (TPSA) is 3.24 Å². The summed E-state index contributed by atoms with van der Waals surface area (Å²) in [4.78, 5) is 2.16. The van der Waals surface area contributed by atoms with Crippen molar-refractivity contribution in [1.29, 1.82) is 0 Å². The van der Waals surface area contributed by atoms with Gasteiger partial charge in [-0.2, -0.15) is 0 Å². The first kappa shape index (κ1) is 11.5. The molecule has 1 saturated carbocycles. The Morgan fingerprint density at radius 2 is 1.44 bits per heavy atom. The highest BCUT2D eigenvalue weighted by Crippen LogP contribution is 2.32. The Bertz CT molecular complexity index is 305. The lowest BCUT2D eigenvalue weighted by atomic mass is 9.92. The quantitative estimate of drug-likeness (QED) is 0.671. The normalized spacial score (nSPS) is 18.1. The van der Waals surface area contributed by atoms with Crippen molar-refractivity contribution in [3.05, 3.63) is 29.8 Å². The summed E-state index contributed by atoms with van der Waals surface area (Å²) in [7, 11) is 4.20. The molecule has 1 aromatic rings. The standard InChI is InChI=1S/C15H23N/c1-16(2)15-11-9-14(10-12-15)13-7-5-3-4-6-8-13/h9-13H,3-8H2,1-2H3. The molecule has 0 aromatic heterocycles. The SMILES string of the molecule is CN(C)c1ccc(C2CCCCCC2)cc1. The number of anilines is 1. The molecule has 0 radical (unpaired) electrons. The van der Waals surface area contributed by atoms with E-state index in [4.69, 9.17) is 0 Å². The maximum absolute atomic E-state index is 2.32. The minimum atomic E-state index is 0.818. The lowest BCUT2D eigenvalue weighted by Crippen LogP contribution is -2.08. The van der Waals surface area contributed by atoms with Gasteiger partial charge in [0.2, 0.25) is 0 Å². The molecule has 1 fully saturated rings. The fourth-order valence-corrected chi connectivity index (χ4v) is 2.66. The molecule has 0 spiro atoms. The maximum Gasteiger partial charge on any atom is 0.0361 e. The zero-order valence-corrected chi connectivity index (χ0v) is 10.6. The Morgan fingerprint density at radius 3 is 1.94 bits per heavy atom. The smallest absolute Gasteiger partial charge is 0.0361 e. The molecule has 1 aromatic carbocycles. The molecule has 0 bridgehead atoms. The zero-order chi connectivity index (χ0) is 11.4. The molecule has 1 aliphatic rings. The van der Waals surface area contributed by atoms with E-state index in [2.05, 4.69) is 43.3 Å². The van der Waals surface area contributed by atoms with Gasteiger partial charge in [0.05, 0.1) is 0 Å². The van der Waals surface area contributed by atoms with Gasteiger partial charge in [0.15, 0.2) is 0 Å². The highest BCUT2D eigenvalue weighted by Gasteiger charge is 2.13. The summed E-state index contributed by atoms with van der Waals surface area (Å²) in [6.07, 6.45) is 8.49. The summed E-state index contributed by atoms with van der Waals surface area (Å²) >= 11 is 0. The molecule has 0 heterocycles. The van der Waals surface area contributed by atoms with Crippen molar-refractivity contribution in [3.63, 3.8) is 0 Å². The Morgan fingerprint density at radius 1 is 0.875 bits per heavy atom. The van der Waals surface area contributed by atoms with Gasteiger partial charge in [-0.25, -0.2) is 0 Å². The molecule has 0 saturated heterocycles. The number of benzene rings is 1. The lowest BCUT2D eigenvalue weighted by molar-refractivity contribution is 0.592. The summed E-state index contributed by atoms with van der Waals surface area (Å²) in [6.45, 7) is 0. The summed E-state index contributed by atoms with van der Waals surface area (Å²) in [5.41, 5.74) is 2.85. The molecular formula is C15H23N. The van der Waals surface area contributed by atoms with E-state index >= 15 is 0 Å². The molecule has 88 valence electrons. The summed E-state index contributed by atoms with van der Waals surface area (Å²) < 4.78 is 0. The van der Waals surface area contributed by atoms with Crippen molar-refractivity contribution in [2.24, 2.45) is 0 Å². The van der Waals surface area contributed by atoms with E-state index in [0.717, 1.165) is 5.92 Å². The number of hydrogen-bond acceptors (Lipinski definition) is 1. The third kappa shape index (κ3) is 2.78. The van der Waals surface area contributed by atoms with Crippen LogP contribution in [0.4, 0.5) is 5.69 Å². The molecule has 0 atom stereocenters. The van der Waals surface area contributed by atoms with Crippen molar-refractivity contribution in [3.8, 4) is 0 Å². The van der Waals surface area contributed by atoms with Crippen molar-refractivity contribution in [2.45, 2.75) is 44.4 Å². The van der Waals surface area contributed by atoms with Gasteiger partial charge >= 0.3 is 0 Å². The molecule has 0 amide bonds. The highest BCUT2D eigenvalue weighted by atomic mass is 15.1. The molecule has 1 nitrogen and oxygen atoms in total. The van der Waals surface area contributed by atoms with E-state index in [-0.39, 0.29) is 0 Å². The van der Waals surface area contributed by atoms with Crippen molar-refractivity contribution in [1.82, 2.24) is 0 Å². The lowest BCUT2D eigenvalue weighted by Gasteiger charge is -2.17. The van der Waals surface area contributed by atoms with E-state index in [9.17, 15) is 0 Å². The molecule has 16 heavy (non-hydrogen) atoms. The first-order valence-electron chi connectivity index (χ1n) is 6.54. The number of nitrogens with zero attached hydrogens (tertiary/aromatic N) is 1. The fourth-order valence-electron chi connectivity index (χ4n) is 2.66. The van der Waals surface area contributed by atoms with Crippen LogP contribution >= 0.6 is 0 Å². The Hall–Kier alpha value is -0.980. The first-order chi connectivity index (χ1) is 7.77. The van der Waals surface area contributed by atoms with E-state index < -0.39 is 0 Å². The van der Waals surface area contributed by atoms with Gasteiger partial charge in [-0.15, -0.1) is 0 Å². The van der Waals surface area contributed by atoms with Gasteiger partial charge in [0, 0.05) is 19.8 Å². The van der Waals surface area contributed by atoms with Crippen LogP contribution in [0.3, 0.4) is 0 Å². The second-order valence-corrected chi connectivity index (χ2v) is 5.17. The average molecular weight is 217 g/mol. The Kier molecular flexibility index (Phi) is 3.87. The summed E-state index contributed by atoms with van der Waals surface area (Å²) in [5, 5.41) is 0. The summed E-state index contributed by atoms with van der Waals surface area (Å²) in [5.74, 6) is 0.818. The van der Waals surface area contributed by atoms with Crippen LogP contribution in [-0.4, -0.2) is 14.1 Å². The highest BCUT2D eigenvalue weighted by molar-refractivity contribution is 5.46. The monoisotopic (exact) mass is 217 g/mol. The number of rotatable bonds is 2. The van der Waals surface area contributed by atoms with Gasteiger partial charge in [0.1, 0.15) is 0 Å².